The van der Waals surface area contributed by atoms with Crippen LogP contribution in [0.2, 0.25) is 0 Å². The van der Waals surface area contributed by atoms with Gasteiger partial charge in [-0.05, 0) is 38.8 Å². The van der Waals surface area contributed by atoms with Crippen molar-refractivity contribution in [2.45, 2.75) is 25.8 Å². The number of hydrogen-bond donors (Lipinski definition) is 2. The van der Waals surface area contributed by atoms with Gasteiger partial charge in [0, 0.05) is 19.1 Å². The molecule has 0 saturated carbocycles. The topological polar surface area (TPSA) is 44.4 Å². The third-order valence-corrected chi connectivity index (χ3v) is 3.03. The number of hydrogen-bond acceptors (Lipinski definition) is 2. The highest BCUT2D eigenvalue weighted by Crippen LogP contribution is 2.14. The van der Waals surface area contributed by atoms with Crippen LogP contribution in [0.3, 0.4) is 0 Å². The van der Waals surface area contributed by atoms with Gasteiger partial charge in [0.25, 0.3) is 0 Å². The molecule has 0 aromatic rings. The Kier molecular flexibility index (Phi) is 2.91. The molecule has 2 amide bonds. The van der Waals surface area contributed by atoms with E-state index in [2.05, 4.69) is 17.6 Å². The van der Waals surface area contributed by atoms with Crippen molar-refractivity contribution in [3.63, 3.8) is 0 Å². The van der Waals surface area contributed by atoms with Gasteiger partial charge in [-0.15, -0.1) is 0 Å². The van der Waals surface area contributed by atoms with Gasteiger partial charge in [0.15, 0.2) is 0 Å². The Morgan fingerprint density at radius 1 is 1.57 bits per heavy atom. The highest BCUT2D eigenvalue weighted by atomic mass is 16.2. The van der Waals surface area contributed by atoms with E-state index in [9.17, 15) is 4.79 Å². The lowest BCUT2D eigenvalue weighted by molar-refractivity contribution is 0.202. The third-order valence-electron chi connectivity index (χ3n) is 3.03. The van der Waals surface area contributed by atoms with E-state index >= 15 is 0 Å². The molecule has 0 aromatic heterocycles. The van der Waals surface area contributed by atoms with Gasteiger partial charge >= 0.3 is 6.03 Å². The van der Waals surface area contributed by atoms with Crippen LogP contribution in [-0.4, -0.2) is 43.2 Å². The molecule has 4 heteroatoms. The molecule has 2 heterocycles. The van der Waals surface area contributed by atoms with Gasteiger partial charge in [-0.2, -0.15) is 0 Å². The largest absolute Gasteiger partial charge is 0.334 e. The smallest absolute Gasteiger partial charge is 0.317 e. The van der Waals surface area contributed by atoms with Crippen molar-refractivity contribution in [3.05, 3.63) is 0 Å². The van der Waals surface area contributed by atoms with Crippen LogP contribution >= 0.6 is 0 Å². The summed E-state index contributed by atoms with van der Waals surface area (Å²) in [4.78, 5) is 13.4. The Morgan fingerprint density at radius 2 is 2.43 bits per heavy atom. The second-order valence-electron chi connectivity index (χ2n) is 4.47. The second-order valence-corrected chi connectivity index (χ2v) is 4.47. The van der Waals surface area contributed by atoms with Gasteiger partial charge in [0.1, 0.15) is 0 Å². The van der Waals surface area contributed by atoms with Crippen LogP contribution in [0.15, 0.2) is 0 Å². The molecular formula is C10H19N3O. The molecule has 2 fully saturated rings. The van der Waals surface area contributed by atoms with E-state index in [0.717, 1.165) is 26.2 Å². The summed E-state index contributed by atoms with van der Waals surface area (Å²) < 4.78 is 0. The van der Waals surface area contributed by atoms with Gasteiger partial charge < -0.3 is 15.5 Å². The first-order chi connectivity index (χ1) is 6.75. The quantitative estimate of drug-likeness (QED) is 0.673. The van der Waals surface area contributed by atoms with Crippen molar-refractivity contribution in [2.75, 3.05) is 26.2 Å². The van der Waals surface area contributed by atoms with Gasteiger partial charge in [-0.3, -0.25) is 0 Å². The first-order valence-corrected chi connectivity index (χ1v) is 5.52. The van der Waals surface area contributed by atoms with Crippen LogP contribution in [-0.2, 0) is 0 Å². The Bertz CT molecular complexity index is 213. The number of nitrogens with one attached hydrogen (secondary N) is 2. The van der Waals surface area contributed by atoms with Crippen LogP contribution in [0, 0.1) is 5.92 Å². The lowest BCUT2D eigenvalue weighted by atomic mass is 9.99. The lowest BCUT2D eigenvalue weighted by Crippen LogP contribution is -2.39. The van der Waals surface area contributed by atoms with E-state index in [4.69, 9.17) is 0 Å². The maximum atomic E-state index is 11.5. The summed E-state index contributed by atoms with van der Waals surface area (Å²) in [5.41, 5.74) is 0. The molecule has 2 N–H and O–H groups in total. The fourth-order valence-corrected chi connectivity index (χ4v) is 2.31. The number of amides is 2. The molecule has 4 nitrogen and oxygen atoms in total. The lowest BCUT2D eigenvalue weighted by Gasteiger charge is -2.26. The molecule has 0 aromatic carbocycles. The summed E-state index contributed by atoms with van der Waals surface area (Å²) in [6, 6.07) is 0.433. The molecule has 80 valence electrons. The fourth-order valence-electron chi connectivity index (χ4n) is 2.31. The average Bonchev–Trinajstić information content (AvgIpc) is 2.47. The van der Waals surface area contributed by atoms with Crippen LogP contribution in [0.25, 0.3) is 0 Å². The van der Waals surface area contributed by atoms with Crippen molar-refractivity contribution >= 4 is 6.03 Å². The summed E-state index contributed by atoms with van der Waals surface area (Å²) in [7, 11) is 0. The van der Waals surface area contributed by atoms with E-state index in [1.54, 1.807) is 0 Å². The van der Waals surface area contributed by atoms with E-state index in [1.165, 1.54) is 12.8 Å². The van der Waals surface area contributed by atoms with E-state index in [1.807, 2.05) is 4.90 Å². The first-order valence-electron chi connectivity index (χ1n) is 5.52. The standard InChI is InChI=1S/C10H19N3O/c1-8-6-13(10(14)12-8)7-9-3-2-4-11-5-9/h8-9,11H,2-7H2,1H3,(H,12,14). The highest BCUT2D eigenvalue weighted by Gasteiger charge is 2.27. The zero-order valence-corrected chi connectivity index (χ0v) is 8.75. The number of carbonyl (C=O) groups is 1. The van der Waals surface area contributed by atoms with E-state index < -0.39 is 0 Å². The molecular weight excluding hydrogens is 178 g/mol. The summed E-state index contributed by atoms with van der Waals surface area (Å²) in [6.45, 7) is 6.05. The minimum atomic E-state index is 0.114. The second kappa shape index (κ2) is 4.17. The highest BCUT2D eigenvalue weighted by molar-refractivity contribution is 5.76. The summed E-state index contributed by atoms with van der Waals surface area (Å²) in [6.07, 6.45) is 2.50. The predicted octanol–water partition coefficient (Wildman–Crippen LogP) is 0.400. The maximum Gasteiger partial charge on any atom is 0.317 e. The average molecular weight is 197 g/mol. The number of urea groups is 1. The molecule has 2 rings (SSSR count). The predicted molar refractivity (Wildman–Crippen MR) is 55.2 cm³/mol. The van der Waals surface area contributed by atoms with Crippen molar-refractivity contribution in [2.24, 2.45) is 5.92 Å². The van der Waals surface area contributed by atoms with Crippen LogP contribution < -0.4 is 10.6 Å². The SMILES string of the molecule is CC1CN(CC2CCCNC2)C(=O)N1. The minimum absolute atomic E-state index is 0.114. The van der Waals surface area contributed by atoms with Gasteiger partial charge in [0.2, 0.25) is 0 Å². The Hall–Kier alpha value is -0.770. The van der Waals surface area contributed by atoms with Gasteiger partial charge in [-0.25, -0.2) is 4.79 Å². The van der Waals surface area contributed by atoms with Crippen molar-refractivity contribution in [1.29, 1.82) is 0 Å². The monoisotopic (exact) mass is 197 g/mol. The molecule has 14 heavy (non-hydrogen) atoms. The number of carbonyl (C=O) groups excluding carboxylic acids is 1. The summed E-state index contributed by atoms with van der Waals surface area (Å²) >= 11 is 0. The van der Waals surface area contributed by atoms with Crippen LogP contribution in [0.4, 0.5) is 4.79 Å². The Labute approximate surface area is 85.0 Å². The van der Waals surface area contributed by atoms with Crippen molar-refractivity contribution in [1.82, 2.24) is 15.5 Å². The summed E-state index contributed by atoms with van der Waals surface area (Å²) in [5, 5.41) is 6.30. The fraction of sp³-hybridized carbons (Fsp3) is 0.900. The number of nitrogens with zero attached hydrogens (tertiary/aromatic N) is 1. The van der Waals surface area contributed by atoms with Crippen LogP contribution in [0.5, 0.6) is 0 Å². The Balaban J connectivity index is 1.81. The normalized spacial score (nSPS) is 33.2. The minimum Gasteiger partial charge on any atom is -0.334 e. The molecule has 2 atom stereocenters. The van der Waals surface area contributed by atoms with E-state index in [0.29, 0.717) is 12.0 Å². The summed E-state index contributed by atoms with van der Waals surface area (Å²) in [5.74, 6) is 0.653. The van der Waals surface area contributed by atoms with Crippen molar-refractivity contribution < 1.29 is 4.79 Å². The zero-order valence-electron chi connectivity index (χ0n) is 8.75. The van der Waals surface area contributed by atoms with Gasteiger partial charge in [-0.1, -0.05) is 0 Å². The molecule has 2 aliphatic rings. The first kappa shape index (κ1) is 9.77. The molecule has 0 bridgehead atoms. The van der Waals surface area contributed by atoms with Gasteiger partial charge in [0.05, 0.1) is 0 Å². The molecule has 0 radical (unpaired) electrons. The zero-order chi connectivity index (χ0) is 9.97. The van der Waals surface area contributed by atoms with Crippen LogP contribution in [0.1, 0.15) is 19.8 Å². The molecule has 0 aliphatic carbocycles. The molecule has 0 spiro atoms. The molecule has 2 aliphatic heterocycles. The Morgan fingerprint density at radius 3 is 3.00 bits per heavy atom. The molecule has 2 unspecified atom stereocenters. The number of rotatable bonds is 2. The van der Waals surface area contributed by atoms with E-state index in [-0.39, 0.29) is 6.03 Å². The number of piperidine rings is 1. The van der Waals surface area contributed by atoms with Crippen molar-refractivity contribution in [3.8, 4) is 0 Å². The molecule has 2 saturated heterocycles. The maximum absolute atomic E-state index is 11.5. The third kappa shape index (κ3) is 2.18.